The maximum absolute atomic E-state index is 12.0. The van der Waals surface area contributed by atoms with Gasteiger partial charge in [-0.1, -0.05) is 19.1 Å². The first-order valence-electron chi connectivity index (χ1n) is 6.63. The van der Waals surface area contributed by atoms with Crippen LogP contribution < -0.4 is 10.1 Å². The molecule has 5 nitrogen and oxygen atoms in total. The van der Waals surface area contributed by atoms with Crippen LogP contribution in [-0.4, -0.2) is 28.4 Å². The summed E-state index contributed by atoms with van der Waals surface area (Å²) in [5.41, 5.74) is 1.11. The summed E-state index contributed by atoms with van der Waals surface area (Å²) in [4.78, 5) is 24.3. The highest BCUT2D eigenvalue weighted by atomic mass is 32.1. The molecular weight excluding hydrogens is 288 g/mol. The summed E-state index contributed by atoms with van der Waals surface area (Å²) in [6.07, 6.45) is 2.60. The summed E-state index contributed by atoms with van der Waals surface area (Å²) in [5.74, 6) is -0.0476. The largest absolute Gasteiger partial charge is 0.494 e. The van der Waals surface area contributed by atoms with E-state index in [2.05, 4.69) is 5.32 Å². The molecule has 0 unspecified atom stereocenters. The monoisotopic (exact) mass is 304 g/mol. The van der Waals surface area contributed by atoms with Crippen molar-refractivity contribution < 1.29 is 14.3 Å². The van der Waals surface area contributed by atoms with Gasteiger partial charge in [-0.3, -0.25) is 9.59 Å². The van der Waals surface area contributed by atoms with Crippen molar-refractivity contribution in [1.29, 1.82) is 0 Å². The Hall–Kier alpha value is -2.21. The van der Waals surface area contributed by atoms with Gasteiger partial charge in [0, 0.05) is 6.92 Å². The first kappa shape index (κ1) is 15.2. The summed E-state index contributed by atoms with van der Waals surface area (Å²) in [7, 11) is 0. The fourth-order valence-electron chi connectivity index (χ4n) is 1.87. The maximum atomic E-state index is 12.0. The van der Waals surface area contributed by atoms with E-state index >= 15 is 0 Å². The van der Waals surface area contributed by atoms with E-state index in [0.29, 0.717) is 6.61 Å². The van der Waals surface area contributed by atoms with E-state index in [1.807, 2.05) is 31.2 Å². The topological polar surface area (TPSA) is 58.6 Å². The number of hydrogen-bond donors (Lipinski definition) is 1. The van der Waals surface area contributed by atoms with Gasteiger partial charge in [-0.05, 0) is 42.4 Å². The molecule has 1 aliphatic heterocycles. The standard InChI is InChI=1S/C15H16N2O3S/c1-3-8-20-12-6-4-11(5-7-12)9-13-14(19)17(10(2)18)15(21)16-13/h4-7,9H,3,8H2,1-2H3,(H,16,21)/b13-9-. The second-order valence-corrected chi connectivity index (χ2v) is 4.95. The summed E-state index contributed by atoms with van der Waals surface area (Å²) in [6, 6.07) is 7.35. The van der Waals surface area contributed by atoms with Crippen LogP contribution in [0.5, 0.6) is 5.75 Å². The van der Waals surface area contributed by atoms with Crippen LogP contribution in [0.15, 0.2) is 30.0 Å². The molecule has 1 heterocycles. The molecule has 1 fully saturated rings. The Morgan fingerprint density at radius 3 is 2.57 bits per heavy atom. The van der Waals surface area contributed by atoms with Crippen molar-refractivity contribution in [2.75, 3.05) is 6.61 Å². The summed E-state index contributed by atoms with van der Waals surface area (Å²) < 4.78 is 5.49. The Labute approximate surface area is 128 Å². The molecule has 110 valence electrons. The molecule has 1 N–H and O–H groups in total. The number of benzene rings is 1. The average Bonchev–Trinajstić information content (AvgIpc) is 2.72. The molecule has 21 heavy (non-hydrogen) atoms. The predicted molar refractivity (Wildman–Crippen MR) is 83.5 cm³/mol. The molecule has 0 aromatic heterocycles. The third-order valence-corrected chi connectivity index (χ3v) is 3.14. The highest BCUT2D eigenvalue weighted by Gasteiger charge is 2.33. The van der Waals surface area contributed by atoms with Crippen molar-refractivity contribution in [1.82, 2.24) is 10.2 Å². The summed E-state index contributed by atoms with van der Waals surface area (Å²) in [6.45, 7) is 4.01. The van der Waals surface area contributed by atoms with Crippen LogP contribution in [-0.2, 0) is 9.59 Å². The first-order chi connectivity index (χ1) is 10.0. The molecule has 1 aliphatic rings. The van der Waals surface area contributed by atoms with Crippen molar-refractivity contribution >= 4 is 35.2 Å². The zero-order valence-corrected chi connectivity index (χ0v) is 12.7. The molecule has 0 spiro atoms. The third-order valence-electron chi connectivity index (χ3n) is 2.86. The number of ether oxygens (including phenoxy) is 1. The molecule has 2 amide bonds. The van der Waals surface area contributed by atoms with Crippen molar-refractivity contribution in [3.8, 4) is 5.75 Å². The van der Waals surface area contributed by atoms with E-state index in [4.69, 9.17) is 17.0 Å². The highest BCUT2D eigenvalue weighted by molar-refractivity contribution is 7.80. The van der Waals surface area contributed by atoms with Crippen LogP contribution in [0.1, 0.15) is 25.8 Å². The third kappa shape index (κ3) is 3.46. The predicted octanol–water partition coefficient (Wildman–Crippen LogP) is 2.08. The summed E-state index contributed by atoms with van der Waals surface area (Å²) >= 11 is 4.97. The van der Waals surface area contributed by atoms with Gasteiger partial charge in [-0.15, -0.1) is 0 Å². The molecule has 0 aliphatic carbocycles. The van der Waals surface area contributed by atoms with Crippen LogP contribution in [0, 0.1) is 0 Å². The van der Waals surface area contributed by atoms with Gasteiger partial charge in [-0.25, -0.2) is 4.90 Å². The molecular formula is C15H16N2O3S. The molecule has 1 aromatic carbocycles. The van der Waals surface area contributed by atoms with Gasteiger partial charge in [0.2, 0.25) is 5.91 Å². The van der Waals surface area contributed by atoms with Crippen molar-refractivity contribution in [3.63, 3.8) is 0 Å². The quantitative estimate of drug-likeness (QED) is 0.682. The zero-order chi connectivity index (χ0) is 15.4. The van der Waals surface area contributed by atoms with Crippen LogP contribution in [0.4, 0.5) is 0 Å². The van der Waals surface area contributed by atoms with Crippen molar-refractivity contribution in [2.45, 2.75) is 20.3 Å². The molecule has 1 saturated heterocycles. The molecule has 2 rings (SSSR count). The Bertz CT molecular complexity index is 608. The Kier molecular flexibility index (Phi) is 4.70. The number of amides is 2. The van der Waals surface area contributed by atoms with Gasteiger partial charge in [0.1, 0.15) is 11.4 Å². The van der Waals surface area contributed by atoms with E-state index in [1.165, 1.54) is 6.92 Å². The van der Waals surface area contributed by atoms with Crippen LogP contribution in [0.3, 0.4) is 0 Å². The van der Waals surface area contributed by atoms with E-state index in [1.54, 1.807) is 6.08 Å². The minimum Gasteiger partial charge on any atom is -0.494 e. The van der Waals surface area contributed by atoms with Crippen molar-refractivity contribution in [3.05, 3.63) is 35.5 Å². The highest BCUT2D eigenvalue weighted by Crippen LogP contribution is 2.17. The number of hydrogen-bond acceptors (Lipinski definition) is 4. The number of thiocarbonyl (C=S) groups is 1. The average molecular weight is 304 g/mol. The van der Waals surface area contributed by atoms with Gasteiger partial charge < -0.3 is 10.1 Å². The lowest BCUT2D eigenvalue weighted by Gasteiger charge is -2.07. The minimum absolute atomic E-state index is 0.113. The van der Waals surface area contributed by atoms with E-state index in [0.717, 1.165) is 22.6 Å². The summed E-state index contributed by atoms with van der Waals surface area (Å²) in [5, 5.41) is 2.86. The van der Waals surface area contributed by atoms with Crippen LogP contribution in [0.2, 0.25) is 0 Å². The van der Waals surface area contributed by atoms with Gasteiger partial charge in [-0.2, -0.15) is 0 Å². The van der Waals surface area contributed by atoms with E-state index < -0.39 is 11.8 Å². The fraction of sp³-hybridized carbons (Fsp3) is 0.267. The molecule has 6 heteroatoms. The molecule has 0 saturated carbocycles. The first-order valence-corrected chi connectivity index (χ1v) is 7.04. The van der Waals surface area contributed by atoms with Gasteiger partial charge in [0.05, 0.1) is 6.61 Å². The van der Waals surface area contributed by atoms with Crippen LogP contribution >= 0.6 is 12.2 Å². The number of carbonyl (C=O) groups is 2. The molecule has 1 aromatic rings. The smallest absolute Gasteiger partial charge is 0.283 e. The number of carbonyl (C=O) groups excluding carboxylic acids is 2. The SMILES string of the molecule is CCCOc1ccc(/C=C2\NC(=S)N(C(C)=O)C2=O)cc1. The Balaban J connectivity index is 2.15. The van der Waals surface area contributed by atoms with Gasteiger partial charge in [0.25, 0.3) is 5.91 Å². The second kappa shape index (κ2) is 6.49. The normalized spacial score (nSPS) is 16.3. The fourth-order valence-corrected chi connectivity index (χ4v) is 2.19. The number of imide groups is 1. The molecule has 0 bridgehead atoms. The molecule has 0 radical (unpaired) electrons. The van der Waals surface area contributed by atoms with E-state index in [-0.39, 0.29) is 10.8 Å². The van der Waals surface area contributed by atoms with Crippen LogP contribution in [0.25, 0.3) is 6.08 Å². The van der Waals surface area contributed by atoms with Crippen molar-refractivity contribution in [2.24, 2.45) is 0 Å². The maximum Gasteiger partial charge on any atom is 0.283 e. The lowest BCUT2D eigenvalue weighted by molar-refractivity contribution is -0.135. The Morgan fingerprint density at radius 1 is 1.38 bits per heavy atom. The number of rotatable bonds is 4. The number of nitrogens with zero attached hydrogens (tertiary/aromatic N) is 1. The lowest BCUT2D eigenvalue weighted by atomic mass is 10.2. The second-order valence-electron chi connectivity index (χ2n) is 4.57. The lowest BCUT2D eigenvalue weighted by Crippen LogP contribution is -2.34. The van der Waals surface area contributed by atoms with Gasteiger partial charge in [0.15, 0.2) is 5.11 Å². The minimum atomic E-state index is -0.432. The zero-order valence-electron chi connectivity index (χ0n) is 11.9. The Morgan fingerprint density at radius 2 is 2.05 bits per heavy atom. The van der Waals surface area contributed by atoms with Gasteiger partial charge >= 0.3 is 0 Å². The van der Waals surface area contributed by atoms with E-state index in [9.17, 15) is 9.59 Å². The molecule has 0 atom stereocenters. The number of nitrogens with one attached hydrogen (secondary N) is 1.